The number of carbonyl (C=O) groups excluding carboxylic acids is 1. The van der Waals surface area contributed by atoms with Gasteiger partial charge in [0.15, 0.2) is 0 Å². The Morgan fingerprint density at radius 1 is 1.11 bits per heavy atom. The molecule has 0 aliphatic rings. The smallest absolute Gasteiger partial charge is 0.338 e. The van der Waals surface area contributed by atoms with Crippen LogP contribution in [0.3, 0.4) is 0 Å². The van der Waals surface area contributed by atoms with Crippen molar-refractivity contribution in [2.24, 2.45) is 11.8 Å². The molecule has 0 N–H and O–H groups in total. The summed E-state index contributed by atoms with van der Waals surface area (Å²) in [6, 6.07) is 5.99. The summed E-state index contributed by atoms with van der Waals surface area (Å²) in [5.74, 6) is 0.925. The number of hydrogen-bond acceptors (Lipinski definition) is 2. The van der Waals surface area contributed by atoms with E-state index in [0.717, 1.165) is 18.4 Å². The zero-order chi connectivity index (χ0) is 14.4. The van der Waals surface area contributed by atoms with Crippen LogP contribution in [0.2, 0.25) is 0 Å². The largest absolute Gasteiger partial charge is 0.462 e. The Hall–Kier alpha value is -1.31. The van der Waals surface area contributed by atoms with Crippen molar-refractivity contribution in [3.05, 3.63) is 34.9 Å². The van der Waals surface area contributed by atoms with Crippen molar-refractivity contribution in [2.45, 2.75) is 47.5 Å². The van der Waals surface area contributed by atoms with E-state index >= 15 is 0 Å². The standard InChI is InChI=1S/C17H26O2/c1-6-19-17(18)15-9-7-8-14(10-12(2)3)16(15)11-13(4)5/h7-9,12-13H,6,10-11H2,1-5H3. The first kappa shape index (κ1) is 15.7. The van der Waals surface area contributed by atoms with Gasteiger partial charge in [-0.15, -0.1) is 0 Å². The summed E-state index contributed by atoms with van der Waals surface area (Å²) >= 11 is 0. The molecule has 0 aromatic heterocycles. The van der Waals surface area contributed by atoms with Gasteiger partial charge in [0.1, 0.15) is 0 Å². The summed E-state index contributed by atoms with van der Waals surface area (Å²) < 4.78 is 5.17. The molecule has 2 heteroatoms. The molecule has 1 rings (SSSR count). The molecule has 1 aromatic carbocycles. The number of hydrogen-bond donors (Lipinski definition) is 0. The third kappa shape index (κ3) is 4.70. The third-order valence-electron chi connectivity index (χ3n) is 3.01. The lowest BCUT2D eigenvalue weighted by molar-refractivity contribution is 0.0524. The van der Waals surface area contributed by atoms with Crippen LogP contribution >= 0.6 is 0 Å². The van der Waals surface area contributed by atoms with E-state index < -0.39 is 0 Å². The van der Waals surface area contributed by atoms with Gasteiger partial charge in [-0.3, -0.25) is 0 Å². The minimum atomic E-state index is -0.191. The van der Waals surface area contributed by atoms with Crippen LogP contribution in [0.5, 0.6) is 0 Å². The molecule has 0 aliphatic heterocycles. The predicted molar refractivity (Wildman–Crippen MR) is 79.5 cm³/mol. The first-order valence-corrected chi connectivity index (χ1v) is 7.23. The van der Waals surface area contributed by atoms with Crippen LogP contribution in [0.4, 0.5) is 0 Å². The van der Waals surface area contributed by atoms with Gasteiger partial charge in [0.25, 0.3) is 0 Å². The Morgan fingerprint density at radius 2 is 1.74 bits per heavy atom. The van der Waals surface area contributed by atoms with E-state index in [-0.39, 0.29) is 5.97 Å². The number of rotatable bonds is 6. The molecule has 0 spiro atoms. The highest BCUT2D eigenvalue weighted by Gasteiger charge is 2.17. The first-order chi connectivity index (χ1) is 8.95. The Morgan fingerprint density at radius 3 is 2.26 bits per heavy atom. The molecular formula is C17H26O2. The molecule has 0 fully saturated rings. The van der Waals surface area contributed by atoms with Gasteiger partial charge in [0.2, 0.25) is 0 Å². The third-order valence-corrected chi connectivity index (χ3v) is 3.01. The van der Waals surface area contributed by atoms with E-state index in [1.54, 1.807) is 0 Å². The molecule has 0 amide bonds. The normalized spacial score (nSPS) is 11.1. The average Bonchev–Trinajstić information content (AvgIpc) is 2.30. The van der Waals surface area contributed by atoms with Crippen molar-refractivity contribution in [3.63, 3.8) is 0 Å². The van der Waals surface area contributed by atoms with E-state index in [0.29, 0.717) is 18.4 Å². The fourth-order valence-corrected chi connectivity index (χ4v) is 2.32. The lowest BCUT2D eigenvalue weighted by Crippen LogP contribution is -2.13. The van der Waals surface area contributed by atoms with E-state index in [1.807, 2.05) is 19.1 Å². The van der Waals surface area contributed by atoms with E-state index in [9.17, 15) is 4.79 Å². The van der Waals surface area contributed by atoms with Gasteiger partial charge in [0.05, 0.1) is 12.2 Å². The summed E-state index contributed by atoms with van der Waals surface area (Å²) in [7, 11) is 0. The van der Waals surface area contributed by atoms with Gasteiger partial charge < -0.3 is 4.74 Å². The number of carbonyl (C=O) groups is 1. The van der Waals surface area contributed by atoms with Gasteiger partial charge in [0, 0.05) is 0 Å². The zero-order valence-corrected chi connectivity index (χ0v) is 12.8. The molecule has 0 aliphatic carbocycles. The first-order valence-electron chi connectivity index (χ1n) is 7.23. The molecule has 0 unspecified atom stereocenters. The molecule has 0 radical (unpaired) electrons. The average molecular weight is 262 g/mol. The highest BCUT2D eigenvalue weighted by Crippen LogP contribution is 2.22. The lowest BCUT2D eigenvalue weighted by atomic mass is 9.89. The molecule has 0 saturated heterocycles. The Kier molecular flexibility index (Phi) is 6.07. The summed E-state index contributed by atoms with van der Waals surface area (Å²) in [6.45, 7) is 11.0. The molecule has 106 valence electrons. The summed E-state index contributed by atoms with van der Waals surface area (Å²) in [6.07, 6.45) is 1.94. The van der Waals surface area contributed by atoms with Crippen molar-refractivity contribution in [1.29, 1.82) is 0 Å². The van der Waals surface area contributed by atoms with Gasteiger partial charge in [-0.1, -0.05) is 39.8 Å². The lowest BCUT2D eigenvalue weighted by Gasteiger charge is -2.17. The van der Waals surface area contributed by atoms with Crippen LogP contribution in [0, 0.1) is 11.8 Å². The molecule has 0 heterocycles. The maximum Gasteiger partial charge on any atom is 0.338 e. The summed E-state index contributed by atoms with van der Waals surface area (Å²) in [5.41, 5.74) is 3.20. The van der Waals surface area contributed by atoms with Crippen LogP contribution in [0.25, 0.3) is 0 Å². The zero-order valence-electron chi connectivity index (χ0n) is 12.8. The summed E-state index contributed by atoms with van der Waals surface area (Å²) in [5, 5.41) is 0. The quantitative estimate of drug-likeness (QED) is 0.716. The van der Waals surface area contributed by atoms with Crippen LogP contribution in [-0.4, -0.2) is 12.6 Å². The molecule has 19 heavy (non-hydrogen) atoms. The fourth-order valence-electron chi connectivity index (χ4n) is 2.32. The highest BCUT2D eigenvalue weighted by molar-refractivity contribution is 5.91. The van der Waals surface area contributed by atoms with Crippen LogP contribution in [0.15, 0.2) is 18.2 Å². The Labute approximate surface area is 117 Å². The van der Waals surface area contributed by atoms with E-state index in [2.05, 4.69) is 33.8 Å². The second-order valence-electron chi connectivity index (χ2n) is 5.86. The maximum absolute atomic E-state index is 12.1. The van der Waals surface area contributed by atoms with Crippen molar-refractivity contribution in [2.75, 3.05) is 6.61 Å². The van der Waals surface area contributed by atoms with Crippen LogP contribution in [0.1, 0.15) is 56.1 Å². The Balaban J connectivity index is 3.17. The minimum Gasteiger partial charge on any atom is -0.462 e. The number of benzene rings is 1. The second-order valence-corrected chi connectivity index (χ2v) is 5.86. The molecule has 1 aromatic rings. The van der Waals surface area contributed by atoms with Crippen molar-refractivity contribution < 1.29 is 9.53 Å². The maximum atomic E-state index is 12.1. The van der Waals surface area contributed by atoms with Crippen molar-refractivity contribution >= 4 is 5.97 Å². The highest BCUT2D eigenvalue weighted by atomic mass is 16.5. The van der Waals surface area contributed by atoms with Crippen LogP contribution in [-0.2, 0) is 17.6 Å². The number of esters is 1. The van der Waals surface area contributed by atoms with Gasteiger partial charge in [-0.25, -0.2) is 4.79 Å². The Bertz CT molecular complexity index is 419. The molecule has 2 nitrogen and oxygen atoms in total. The molecular weight excluding hydrogens is 236 g/mol. The topological polar surface area (TPSA) is 26.3 Å². The molecule has 0 saturated carbocycles. The molecule has 0 atom stereocenters. The summed E-state index contributed by atoms with van der Waals surface area (Å²) in [4.78, 5) is 12.1. The number of ether oxygens (including phenoxy) is 1. The second kappa shape index (κ2) is 7.32. The van der Waals surface area contributed by atoms with Crippen LogP contribution < -0.4 is 0 Å². The predicted octanol–water partition coefficient (Wildman–Crippen LogP) is 4.26. The fraction of sp³-hybridized carbons (Fsp3) is 0.588. The monoisotopic (exact) mass is 262 g/mol. The van der Waals surface area contributed by atoms with Crippen molar-refractivity contribution in [3.8, 4) is 0 Å². The van der Waals surface area contributed by atoms with E-state index in [4.69, 9.17) is 4.74 Å². The van der Waals surface area contributed by atoms with Gasteiger partial charge in [-0.05, 0) is 48.8 Å². The SMILES string of the molecule is CCOC(=O)c1cccc(CC(C)C)c1CC(C)C. The van der Waals surface area contributed by atoms with E-state index in [1.165, 1.54) is 11.1 Å². The minimum absolute atomic E-state index is 0.191. The van der Waals surface area contributed by atoms with Crippen molar-refractivity contribution in [1.82, 2.24) is 0 Å². The molecule has 0 bridgehead atoms. The van der Waals surface area contributed by atoms with Gasteiger partial charge >= 0.3 is 5.97 Å². The van der Waals surface area contributed by atoms with Gasteiger partial charge in [-0.2, -0.15) is 0 Å².